The Balaban J connectivity index is 2.64. The van der Waals surface area contributed by atoms with Gasteiger partial charge in [-0.2, -0.15) is 0 Å². The number of hydrogen-bond acceptors (Lipinski definition) is 4. The quantitative estimate of drug-likeness (QED) is 0.596. The topological polar surface area (TPSA) is 46.6 Å². The van der Waals surface area contributed by atoms with Crippen molar-refractivity contribution in [2.75, 3.05) is 27.2 Å². The fraction of sp³-hybridized carbons (Fsp3) is 0.500. The summed E-state index contributed by atoms with van der Waals surface area (Å²) < 4.78 is 27.9. The molecule has 0 N–H and O–H groups in total. The average molecular weight is 292 g/mol. The predicted molar refractivity (Wildman–Crippen MR) is 72.9 cm³/mol. The second kappa shape index (κ2) is 6.41. The van der Waals surface area contributed by atoms with E-state index in [0.717, 1.165) is 18.5 Å². The Labute approximate surface area is 113 Å². The number of benzene rings is 1. The Morgan fingerprint density at radius 3 is 2.50 bits per heavy atom. The van der Waals surface area contributed by atoms with Gasteiger partial charge in [0.25, 0.3) is 9.05 Å². The van der Waals surface area contributed by atoms with Gasteiger partial charge in [-0.05, 0) is 51.2 Å². The first-order valence-electron chi connectivity index (χ1n) is 5.63. The third-order valence-corrected chi connectivity index (χ3v) is 3.79. The first kappa shape index (κ1) is 15.3. The third kappa shape index (κ3) is 4.84. The third-order valence-electron chi connectivity index (χ3n) is 2.44. The van der Waals surface area contributed by atoms with Crippen molar-refractivity contribution in [3.8, 4) is 5.75 Å². The van der Waals surface area contributed by atoms with Gasteiger partial charge in [0.2, 0.25) is 0 Å². The first-order chi connectivity index (χ1) is 8.30. The molecule has 0 spiro atoms. The van der Waals surface area contributed by atoms with Gasteiger partial charge in [0.05, 0.1) is 11.5 Å². The van der Waals surface area contributed by atoms with E-state index in [2.05, 4.69) is 4.90 Å². The van der Waals surface area contributed by atoms with Crippen LogP contribution in [0.4, 0.5) is 0 Å². The number of hydrogen-bond donors (Lipinski definition) is 0. The van der Waals surface area contributed by atoms with Gasteiger partial charge in [-0.25, -0.2) is 8.42 Å². The van der Waals surface area contributed by atoms with Gasteiger partial charge in [0.15, 0.2) is 0 Å². The number of ether oxygens (including phenoxy) is 1. The molecule has 0 fully saturated rings. The molecule has 0 aliphatic rings. The lowest BCUT2D eigenvalue weighted by molar-refractivity contribution is 0.280. The highest BCUT2D eigenvalue weighted by atomic mass is 35.7. The Morgan fingerprint density at radius 1 is 1.33 bits per heavy atom. The second-order valence-corrected chi connectivity index (χ2v) is 6.94. The molecule has 6 heteroatoms. The molecule has 4 nitrogen and oxygen atoms in total. The molecule has 0 aliphatic heterocycles. The lowest BCUT2D eigenvalue weighted by atomic mass is 10.2. The van der Waals surface area contributed by atoms with E-state index < -0.39 is 9.05 Å². The summed E-state index contributed by atoms with van der Waals surface area (Å²) in [4.78, 5) is 2.18. The smallest absolute Gasteiger partial charge is 0.261 e. The fourth-order valence-electron chi connectivity index (χ4n) is 1.50. The van der Waals surface area contributed by atoms with E-state index in [4.69, 9.17) is 15.4 Å². The Morgan fingerprint density at radius 2 is 2.00 bits per heavy atom. The van der Waals surface area contributed by atoms with Gasteiger partial charge in [-0.1, -0.05) is 0 Å². The van der Waals surface area contributed by atoms with Crippen molar-refractivity contribution in [2.45, 2.75) is 18.2 Å². The molecule has 0 heterocycles. The van der Waals surface area contributed by atoms with Crippen LogP contribution in [0.5, 0.6) is 5.75 Å². The van der Waals surface area contributed by atoms with Crippen LogP contribution >= 0.6 is 10.7 Å². The largest absolute Gasteiger partial charge is 0.493 e. The number of nitrogens with zero attached hydrogens (tertiary/aromatic N) is 1. The van der Waals surface area contributed by atoms with Crippen LogP contribution in [0.1, 0.15) is 12.0 Å². The van der Waals surface area contributed by atoms with Gasteiger partial charge in [-0.15, -0.1) is 0 Å². The summed E-state index contributed by atoms with van der Waals surface area (Å²) in [7, 11) is 5.61. The molecule has 1 rings (SSSR count). The highest BCUT2D eigenvalue weighted by Gasteiger charge is 2.11. The van der Waals surface area contributed by atoms with E-state index in [0.29, 0.717) is 12.4 Å². The maximum Gasteiger partial charge on any atom is 0.261 e. The molecule has 1 aromatic carbocycles. The minimum Gasteiger partial charge on any atom is -0.493 e. The highest BCUT2D eigenvalue weighted by molar-refractivity contribution is 8.13. The summed E-state index contributed by atoms with van der Waals surface area (Å²) in [5, 5.41) is 0. The van der Waals surface area contributed by atoms with E-state index in [1.807, 2.05) is 14.1 Å². The van der Waals surface area contributed by atoms with Crippen LogP contribution in [0.2, 0.25) is 0 Å². The van der Waals surface area contributed by atoms with Gasteiger partial charge in [-0.3, -0.25) is 0 Å². The standard InChI is InChI=1S/C12H18ClNO3S/c1-10-9-11(18(13,15)16)5-6-12(10)17-8-4-7-14(2)3/h5-6,9H,4,7-8H2,1-3H3. The summed E-state index contributed by atoms with van der Waals surface area (Å²) in [6.45, 7) is 3.35. The van der Waals surface area contributed by atoms with E-state index in [9.17, 15) is 8.42 Å². The normalized spacial score (nSPS) is 11.8. The molecule has 102 valence electrons. The molecular formula is C12H18ClNO3S. The minimum atomic E-state index is -3.67. The maximum absolute atomic E-state index is 11.2. The maximum atomic E-state index is 11.2. The summed E-state index contributed by atoms with van der Waals surface area (Å²) >= 11 is 0. The molecule has 0 aromatic heterocycles. The highest BCUT2D eigenvalue weighted by Crippen LogP contribution is 2.23. The lowest BCUT2D eigenvalue weighted by Gasteiger charge is -2.12. The van der Waals surface area contributed by atoms with Gasteiger partial charge in [0, 0.05) is 17.2 Å². The zero-order chi connectivity index (χ0) is 13.8. The molecule has 0 radical (unpaired) electrons. The van der Waals surface area contributed by atoms with E-state index in [1.165, 1.54) is 12.1 Å². The molecule has 0 bridgehead atoms. The first-order valence-corrected chi connectivity index (χ1v) is 7.94. The van der Waals surface area contributed by atoms with Crippen molar-refractivity contribution in [2.24, 2.45) is 0 Å². The van der Waals surface area contributed by atoms with Crippen LogP contribution in [0.3, 0.4) is 0 Å². The number of halogens is 1. The summed E-state index contributed by atoms with van der Waals surface area (Å²) in [6, 6.07) is 4.61. The van der Waals surface area contributed by atoms with Gasteiger partial charge < -0.3 is 9.64 Å². The molecule has 18 heavy (non-hydrogen) atoms. The van der Waals surface area contributed by atoms with Gasteiger partial charge in [0.1, 0.15) is 5.75 Å². The van der Waals surface area contributed by atoms with E-state index >= 15 is 0 Å². The molecule has 0 saturated heterocycles. The monoisotopic (exact) mass is 291 g/mol. The molecular weight excluding hydrogens is 274 g/mol. The summed E-state index contributed by atoms with van der Waals surface area (Å²) in [5.74, 6) is 0.692. The molecule has 0 amide bonds. The lowest BCUT2D eigenvalue weighted by Crippen LogP contribution is -2.15. The Hall–Kier alpha value is -0.780. The Kier molecular flexibility index (Phi) is 5.44. The molecule has 0 saturated carbocycles. The van der Waals surface area contributed by atoms with Crippen molar-refractivity contribution in [1.82, 2.24) is 4.90 Å². The SMILES string of the molecule is Cc1cc(S(=O)(=O)Cl)ccc1OCCCN(C)C. The van der Waals surface area contributed by atoms with Crippen LogP contribution in [0.15, 0.2) is 23.1 Å². The van der Waals surface area contributed by atoms with Crippen molar-refractivity contribution in [3.05, 3.63) is 23.8 Å². The van der Waals surface area contributed by atoms with Crippen molar-refractivity contribution >= 4 is 19.7 Å². The van der Waals surface area contributed by atoms with Crippen LogP contribution < -0.4 is 4.74 Å². The van der Waals surface area contributed by atoms with Crippen molar-refractivity contribution in [3.63, 3.8) is 0 Å². The fourth-order valence-corrected chi connectivity index (χ4v) is 2.33. The van der Waals surface area contributed by atoms with Crippen LogP contribution in [0, 0.1) is 6.92 Å². The zero-order valence-electron chi connectivity index (χ0n) is 10.8. The molecule has 0 atom stereocenters. The van der Waals surface area contributed by atoms with Crippen LogP contribution in [-0.2, 0) is 9.05 Å². The summed E-state index contributed by atoms with van der Waals surface area (Å²) in [6.07, 6.45) is 0.919. The predicted octanol–water partition coefficient (Wildman–Crippen LogP) is 2.25. The van der Waals surface area contributed by atoms with Crippen molar-refractivity contribution < 1.29 is 13.2 Å². The van der Waals surface area contributed by atoms with E-state index in [1.54, 1.807) is 13.0 Å². The average Bonchev–Trinajstić information content (AvgIpc) is 2.24. The molecule has 0 unspecified atom stereocenters. The summed E-state index contributed by atoms with van der Waals surface area (Å²) in [5.41, 5.74) is 0.765. The van der Waals surface area contributed by atoms with Crippen LogP contribution in [-0.4, -0.2) is 40.6 Å². The molecule has 0 aliphatic carbocycles. The van der Waals surface area contributed by atoms with Gasteiger partial charge >= 0.3 is 0 Å². The second-order valence-electron chi connectivity index (χ2n) is 4.37. The minimum absolute atomic E-state index is 0.0994. The van der Waals surface area contributed by atoms with E-state index in [-0.39, 0.29) is 4.90 Å². The Bertz CT molecular complexity index is 500. The molecule has 1 aromatic rings. The zero-order valence-corrected chi connectivity index (χ0v) is 12.4. The number of aryl methyl sites for hydroxylation is 1. The van der Waals surface area contributed by atoms with Crippen molar-refractivity contribution in [1.29, 1.82) is 0 Å². The van der Waals surface area contributed by atoms with Crippen LogP contribution in [0.25, 0.3) is 0 Å². The number of rotatable bonds is 6.